The Kier molecular flexibility index (Phi) is 3.03. The molecule has 2 N–H and O–H groups in total. The molecule has 1 saturated heterocycles. The van der Waals surface area contributed by atoms with Crippen LogP contribution in [-0.4, -0.2) is 18.1 Å². The minimum atomic E-state index is 0.532. The molecule has 3 heteroatoms. The van der Waals surface area contributed by atoms with Gasteiger partial charge in [-0.1, -0.05) is 20.3 Å². The van der Waals surface area contributed by atoms with Crippen LogP contribution in [0.2, 0.25) is 0 Å². The maximum absolute atomic E-state index is 5.64. The van der Waals surface area contributed by atoms with Gasteiger partial charge in [-0.2, -0.15) is 0 Å². The molecular weight excluding hydrogens is 198 g/mol. The zero-order valence-corrected chi connectivity index (χ0v) is 10.2. The summed E-state index contributed by atoms with van der Waals surface area (Å²) in [6.45, 7) is 6.90. The summed E-state index contributed by atoms with van der Waals surface area (Å²) >= 11 is 0. The van der Waals surface area contributed by atoms with Crippen molar-refractivity contribution in [1.29, 1.82) is 0 Å². The van der Waals surface area contributed by atoms with Crippen LogP contribution < -0.4 is 10.6 Å². The Hall–Kier alpha value is -1.25. The van der Waals surface area contributed by atoms with Gasteiger partial charge >= 0.3 is 0 Å². The Morgan fingerprint density at radius 2 is 2.06 bits per heavy atom. The van der Waals surface area contributed by atoms with E-state index in [2.05, 4.69) is 23.7 Å². The number of nitrogen functional groups attached to an aromatic ring is 1. The number of anilines is 2. The van der Waals surface area contributed by atoms with Crippen molar-refractivity contribution >= 4 is 11.5 Å². The zero-order chi connectivity index (χ0) is 11.6. The molecule has 0 saturated carbocycles. The first-order valence-electron chi connectivity index (χ1n) is 6.09. The molecule has 1 aromatic rings. The van der Waals surface area contributed by atoms with E-state index >= 15 is 0 Å². The maximum atomic E-state index is 5.64. The number of hydrogen-bond donors (Lipinski definition) is 1. The van der Waals surface area contributed by atoms with Crippen molar-refractivity contribution in [2.45, 2.75) is 33.1 Å². The first-order chi connectivity index (χ1) is 7.63. The first kappa shape index (κ1) is 11.2. The van der Waals surface area contributed by atoms with Crippen LogP contribution in [0, 0.1) is 5.41 Å². The highest BCUT2D eigenvalue weighted by Gasteiger charge is 2.28. The van der Waals surface area contributed by atoms with E-state index in [1.807, 2.05) is 12.1 Å². The van der Waals surface area contributed by atoms with E-state index in [0.717, 1.165) is 24.6 Å². The lowest BCUT2D eigenvalue weighted by Crippen LogP contribution is -2.38. The lowest BCUT2D eigenvalue weighted by molar-refractivity contribution is 0.238. The van der Waals surface area contributed by atoms with Crippen molar-refractivity contribution in [2.75, 3.05) is 23.7 Å². The topological polar surface area (TPSA) is 42.1 Å². The third kappa shape index (κ3) is 2.29. The van der Waals surface area contributed by atoms with Crippen LogP contribution in [0.5, 0.6) is 0 Å². The Bertz CT molecular complexity index is 337. The number of hydrogen-bond acceptors (Lipinski definition) is 3. The minimum Gasteiger partial charge on any atom is -0.397 e. The van der Waals surface area contributed by atoms with Crippen LogP contribution >= 0.6 is 0 Å². The smallest absolute Gasteiger partial charge is 0.128 e. The molecule has 1 aliphatic heterocycles. The van der Waals surface area contributed by atoms with Crippen LogP contribution in [0.15, 0.2) is 18.3 Å². The van der Waals surface area contributed by atoms with Gasteiger partial charge in [-0.3, -0.25) is 0 Å². The number of aromatic nitrogens is 1. The number of pyridine rings is 1. The summed E-state index contributed by atoms with van der Waals surface area (Å²) in [5, 5.41) is 0. The molecule has 0 bridgehead atoms. The van der Waals surface area contributed by atoms with Crippen LogP contribution in [-0.2, 0) is 0 Å². The molecule has 88 valence electrons. The molecule has 1 aliphatic rings. The average Bonchev–Trinajstić information content (AvgIpc) is 2.32. The van der Waals surface area contributed by atoms with Crippen LogP contribution in [0.3, 0.4) is 0 Å². The van der Waals surface area contributed by atoms with Gasteiger partial charge in [0.2, 0.25) is 0 Å². The summed E-state index contributed by atoms with van der Waals surface area (Å²) < 4.78 is 0. The van der Waals surface area contributed by atoms with Gasteiger partial charge < -0.3 is 10.6 Å². The van der Waals surface area contributed by atoms with E-state index < -0.39 is 0 Å². The molecule has 0 spiro atoms. The molecule has 0 radical (unpaired) electrons. The highest BCUT2D eigenvalue weighted by molar-refractivity contribution is 5.46. The van der Waals surface area contributed by atoms with Crippen molar-refractivity contribution in [3.63, 3.8) is 0 Å². The second kappa shape index (κ2) is 4.32. The molecule has 3 nitrogen and oxygen atoms in total. The summed E-state index contributed by atoms with van der Waals surface area (Å²) in [5.74, 6) is 1.06. The van der Waals surface area contributed by atoms with Gasteiger partial charge in [0.25, 0.3) is 0 Å². The van der Waals surface area contributed by atoms with Crippen molar-refractivity contribution in [1.82, 2.24) is 4.98 Å². The molecule has 1 aromatic heterocycles. The Morgan fingerprint density at radius 1 is 1.38 bits per heavy atom. The average molecular weight is 219 g/mol. The number of nitrogens with zero attached hydrogens (tertiary/aromatic N) is 2. The van der Waals surface area contributed by atoms with E-state index in [1.165, 1.54) is 19.3 Å². The van der Waals surface area contributed by atoms with Crippen molar-refractivity contribution in [2.24, 2.45) is 5.41 Å². The fraction of sp³-hybridized carbons (Fsp3) is 0.615. The fourth-order valence-electron chi connectivity index (χ4n) is 2.21. The molecular formula is C13H21N3. The van der Waals surface area contributed by atoms with Gasteiger partial charge in [0.1, 0.15) is 5.82 Å². The van der Waals surface area contributed by atoms with Gasteiger partial charge in [0.15, 0.2) is 0 Å². The quantitative estimate of drug-likeness (QED) is 0.831. The molecule has 0 aliphatic carbocycles. The molecule has 2 rings (SSSR count). The van der Waals surface area contributed by atoms with E-state index in [0.29, 0.717) is 5.41 Å². The Balaban J connectivity index is 2.01. The van der Waals surface area contributed by atoms with E-state index in [4.69, 9.17) is 5.73 Å². The molecule has 16 heavy (non-hydrogen) atoms. The zero-order valence-electron chi connectivity index (χ0n) is 10.2. The van der Waals surface area contributed by atoms with Gasteiger partial charge in [-0.05, 0) is 30.4 Å². The Labute approximate surface area is 97.7 Å². The van der Waals surface area contributed by atoms with Gasteiger partial charge in [0.05, 0.1) is 11.9 Å². The first-order valence-corrected chi connectivity index (χ1v) is 6.09. The number of rotatable bonds is 2. The van der Waals surface area contributed by atoms with Crippen molar-refractivity contribution in [3.05, 3.63) is 18.3 Å². The van der Waals surface area contributed by atoms with Crippen molar-refractivity contribution < 1.29 is 0 Å². The maximum Gasteiger partial charge on any atom is 0.128 e. The van der Waals surface area contributed by atoms with Gasteiger partial charge in [0, 0.05) is 13.1 Å². The molecule has 2 heterocycles. The predicted molar refractivity (Wildman–Crippen MR) is 68.5 cm³/mol. The largest absolute Gasteiger partial charge is 0.397 e. The van der Waals surface area contributed by atoms with Gasteiger partial charge in [-0.25, -0.2) is 4.98 Å². The predicted octanol–water partition coefficient (Wildman–Crippen LogP) is 2.68. The summed E-state index contributed by atoms with van der Waals surface area (Å²) in [6.07, 6.45) is 5.53. The summed E-state index contributed by atoms with van der Waals surface area (Å²) in [4.78, 5) is 6.73. The summed E-state index contributed by atoms with van der Waals surface area (Å²) in [7, 11) is 0. The molecule has 0 atom stereocenters. The van der Waals surface area contributed by atoms with Crippen LogP contribution in [0.25, 0.3) is 0 Å². The van der Waals surface area contributed by atoms with E-state index in [9.17, 15) is 0 Å². The van der Waals surface area contributed by atoms with E-state index in [-0.39, 0.29) is 0 Å². The third-order valence-corrected chi connectivity index (χ3v) is 3.92. The van der Waals surface area contributed by atoms with Crippen LogP contribution in [0.1, 0.15) is 33.1 Å². The SMILES string of the molecule is CCC1(C)CCN(c2ccc(N)cn2)CC1. The molecule has 0 amide bonds. The highest BCUT2D eigenvalue weighted by Crippen LogP contribution is 2.35. The molecule has 0 aromatic carbocycles. The summed E-state index contributed by atoms with van der Waals surface area (Å²) in [6, 6.07) is 3.94. The molecule has 0 unspecified atom stereocenters. The van der Waals surface area contributed by atoms with E-state index in [1.54, 1.807) is 6.20 Å². The molecule has 1 fully saturated rings. The van der Waals surface area contributed by atoms with Crippen molar-refractivity contribution in [3.8, 4) is 0 Å². The van der Waals surface area contributed by atoms with Gasteiger partial charge in [-0.15, -0.1) is 0 Å². The number of nitrogens with two attached hydrogens (primary N) is 1. The standard InChI is InChI=1S/C13H21N3/c1-3-13(2)6-8-16(9-7-13)12-5-4-11(14)10-15-12/h4-5,10H,3,6-9,14H2,1-2H3. The number of piperidine rings is 1. The highest BCUT2D eigenvalue weighted by atomic mass is 15.2. The monoisotopic (exact) mass is 219 g/mol. The fourth-order valence-corrected chi connectivity index (χ4v) is 2.21. The lowest BCUT2D eigenvalue weighted by atomic mass is 9.78. The third-order valence-electron chi connectivity index (χ3n) is 3.92. The van der Waals surface area contributed by atoms with Crippen LogP contribution in [0.4, 0.5) is 11.5 Å². The normalized spacial score (nSPS) is 19.8. The Morgan fingerprint density at radius 3 is 2.56 bits per heavy atom. The lowest BCUT2D eigenvalue weighted by Gasteiger charge is -2.39. The minimum absolute atomic E-state index is 0.532. The second-order valence-corrected chi connectivity index (χ2v) is 5.10. The second-order valence-electron chi connectivity index (χ2n) is 5.10. The summed E-state index contributed by atoms with van der Waals surface area (Å²) in [5.41, 5.74) is 6.91.